The van der Waals surface area contributed by atoms with Gasteiger partial charge in [0, 0.05) is 58.5 Å². The van der Waals surface area contributed by atoms with Crippen LogP contribution in [0, 0.1) is 6.92 Å². The predicted octanol–water partition coefficient (Wildman–Crippen LogP) is 8.31. The molecule has 0 amide bonds. The Balaban J connectivity index is 0.000000162. The van der Waals surface area contributed by atoms with Gasteiger partial charge in [0.2, 0.25) is 5.43 Å². The first-order chi connectivity index (χ1) is 30.3. The van der Waals surface area contributed by atoms with Gasteiger partial charge in [-0.15, -0.1) is 0 Å². The van der Waals surface area contributed by atoms with Gasteiger partial charge in [-0.05, 0) is 93.1 Å². The molecular weight excluding hydrogens is 825 g/mol. The Labute approximate surface area is 361 Å². The molecule has 1 spiro atoms. The number of aryl methyl sites for hydroxylation is 1. The number of nitrogens with one attached hydrogen (secondary N) is 1. The van der Waals surface area contributed by atoms with Crippen molar-refractivity contribution in [3.05, 3.63) is 171 Å². The highest BCUT2D eigenvalue weighted by Gasteiger charge is 2.51. The molecule has 0 fully saturated rings. The highest BCUT2D eigenvalue weighted by atomic mass is 32.2. The van der Waals surface area contributed by atoms with Crippen molar-refractivity contribution in [2.45, 2.75) is 24.0 Å². The van der Waals surface area contributed by atoms with Gasteiger partial charge in [0.25, 0.3) is 0 Å². The summed E-state index contributed by atoms with van der Waals surface area (Å²) in [5.41, 5.74) is 3.47. The first kappa shape index (κ1) is 41.0. The minimum absolute atomic E-state index is 0.000143. The molecular formula is C49H40N2O11S. The van der Waals surface area contributed by atoms with Crippen molar-refractivity contribution in [1.29, 1.82) is 0 Å². The first-order valence-electron chi connectivity index (χ1n) is 19.9. The highest BCUT2D eigenvalue weighted by Crippen LogP contribution is 2.57. The maximum Gasteiger partial charge on any atom is 0.340 e. The lowest BCUT2D eigenvalue weighted by molar-refractivity contribution is 0.00956. The Morgan fingerprint density at radius 2 is 1.44 bits per heavy atom. The van der Waals surface area contributed by atoms with Crippen molar-refractivity contribution in [3.8, 4) is 28.7 Å². The minimum Gasteiger partial charge on any atom is -0.508 e. The molecule has 4 N–H and O–H groups in total. The van der Waals surface area contributed by atoms with Crippen LogP contribution in [0.5, 0.6) is 28.7 Å². The van der Waals surface area contributed by atoms with Crippen molar-refractivity contribution in [2.75, 3.05) is 32.5 Å². The number of aromatic hydroxyl groups is 2. The molecule has 0 aliphatic carbocycles. The molecule has 2 aliphatic rings. The molecule has 7 aromatic carbocycles. The van der Waals surface area contributed by atoms with E-state index >= 15 is 0 Å². The second-order valence-electron chi connectivity index (χ2n) is 15.5. The van der Waals surface area contributed by atoms with Gasteiger partial charge in [-0.3, -0.25) is 4.79 Å². The van der Waals surface area contributed by atoms with E-state index in [0.29, 0.717) is 46.0 Å². The molecule has 1 aromatic heterocycles. The summed E-state index contributed by atoms with van der Waals surface area (Å²) in [5, 5.41) is 35.2. The zero-order valence-corrected chi connectivity index (χ0v) is 35.0. The summed E-state index contributed by atoms with van der Waals surface area (Å²) in [6.45, 7) is 2.90. The molecule has 0 atom stereocenters. The molecule has 0 radical (unpaired) electrons. The molecule has 2 aliphatic heterocycles. The molecule has 3 heterocycles. The number of fused-ring (bicyclic) bond motifs is 7. The average Bonchev–Trinajstić information content (AvgIpc) is 3.25. The lowest BCUT2D eigenvalue weighted by Gasteiger charge is -2.42. The zero-order valence-electron chi connectivity index (χ0n) is 34.2. The number of hydrogen-bond acceptors (Lipinski definition) is 13. The van der Waals surface area contributed by atoms with Crippen molar-refractivity contribution < 1.29 is 46.6 Å². The smallest absolute Gasteiger partial charge is 0.340 e. The number of nitrogens with zero attached hydrogens (tertiary/aromatic N) is 1. The summed E-state index contributed by atoms with van der Waals surface area (Å²) in [6, 6.07) is 34.9. The Kier molecular flexibility index (Phi) is 10.3. The number of phenols is 2. The number of ether oxygens (including phenoxy) is 2. The summed E-state index contributed by atoms with van der Waals surface area (Å²) in [5.74, 6) is 0.362. The van der Waals surface area contributed by atoms with Gasteiger partial charge in [-0.25, -0.2) is 4.79 Å². The number of likely N-dealkylation sites (N-methyl/N-ethyl adjacent to an activating group) is 1. The number of carbonyl (C=O) groups excluding carboxylic acids is 1. The van der Waals surface area contributed by atoms with Crippen molar-refractivity contribution in [3.63, 3.8) is 0 Å². The molecule has 13 nitrogen and oxygen atoms in total. The van der Waals surface area contributed by atoms with Gasteiger partial charge in [-0.1, -0.05) is 54.1 Å². The van der Waals surface area contributed by atoms with Crippen LogP contribution in [0.2, 0.25) is 0 Å². The maximum atomic E-state index is 13.5. The third kappa shape index (κ3) is 7.23. The van der Waals surface area contributed by atoms with Crippen LogP contribution in [0.25, 0.3) is 32.7 Å². The van der Waals surface area contributed by atoms with Gasteiger partial charge < -0.3 is 43.6 Å². The third-order valence-electron chi connectivity index (χ3n) is 11.1. The summed E-state index contributed by atoms with van der Waals surface area (Å²) in [4.78, 5) is 28.7. The number of benzene rings is 7. The fourth-order valence-electron chi connectivity index (χ4n) is 8.10. The lowest BCUT2D eigenvalue weighted by atomic mass is 9.74. The van der Waals surface area contributed by atoms with Crippen LogP contribution in [-0.2, 0) is 27.1 Å². The quantitative estimate of drug-likeness (QED) is 0.0650. The third-order valence-corrected chi connectivity index (χ3v) is 12.4. The van der Waals surface area contributed by atoms with E-state index in [-0.39, 0.29) is 56.1 Å². The van der Waals surface area contributed by atoms with E-state index in [4.69, 9.17) is 18.1 Å². The van der Waals surface area contributed by atoms with E-state index in [1.165, 1.54) is 42.5 Å². The number of carbonyl (C=O) groups is 1. The molecule has 0 bridgehead atoms. The summed E-state index contributed by atoms with van der Waals surface area (Å²) < 4.78 is 48.8. The van der Waals surface area contributed by atoms with E-state index in [0.717, 1.165) is 28.4 Å². The molecule has 63 heavy (non-hydrogen) atoms. The Morgan fingerprint density at radius 1 is 0.762 bits per heavy atom. The molecule has 318 valence electrons. The number of phenolic OH excluding ortho intramolecular Hbond substituents is 2. The molecule has 10 rings (SSSR count). The SMILES string of the molecule is Cc1ccc(S(=O)(=O)Oc2ccc3oc4c(CO)ccc(NCCN(C)C)c4c(=O)c3c2)cc1.O=C1OC2(c3ccc(O)cc3Oc3cc(O)ccc32)c2cccc3cccc1c23. The average molecular weight is 865 g/mol. The number of esters is 1. The van der Waals surface area contributed by atoms with E-state index in [1.807, 2.05) is 56.3 Å². The number of aliphatic hydroxyl groups is 1. The molecule has 14 heteroatoms. The van der Waals surface area contributed by atoms with Crippen LogP contribution in [0.15, 0.2) is 142 Å². The number of hydrogen-bond donors (Lipinski definition) is 4. The standard InChI is InChI=1S/C25H26N2O6S.C24H14O5/c1-16-4-8-19(9-5-16)34(30,31)33-18-7-11-22-20(14-18)24(29)23-21(26-12-13-27(2)3)10-6-17(15-28)25(23)32-22;25-14-7-9-17-20(11-14)28-21-12-15(26)8-10-18(21)24(17)19-6-2-4-13-3-1-5-16(22(13)19)23(27)29-24/h4-11,14,26,28H,12-13,15H2,1-3H3;1-12,25-26H. The molecule has 0 unspecified atom stereocenters. The second kappa shape index (κ2) is 15.8. The van der Waals surface area contributed by atoms with Crippen LogP contribution in [-0.4, -0.2) is 61.8 Å². The maximum absolute atomic E-state index is 13.5. The zero-order chi connectivity index (χ0) is 44.2. The van der Waals surface area contributed by atoms with E-state index < -0.39 is 21.7 Å². The van der Waals surface area contributed by atoms with Crippen LogP contribution in [0.3, 0.4) is 0 Å². The Hall–Kier alpha value is -7.39. The number of anilines is 1. The van der Waals surface area contributed by atoms with E-state index in [1.54, 1.807) is 54.6 Å². The van der Waals surface area contributed by atoms with Gasteiger partial charge in [0.15, 0.2) is 5.60 Å². The normalized spacial score (nSPS) is 13.5. The van der Waals surface area contributed by atoms with Gasteiger partial charge in [0.05, 0.1) is 22.9 Å². The summed E-state index contributed by atoms with van der Waals surface area (Å²) in [6.07, 6.45) is 0. The largest absolute Gasteiger partial charge is 0.508 e. The highest BCUT2D eigenvalue weighted by molar-refractivity contribution is 7.87. The number of aliphatic hydroxyl groups excluding tert-OH is 1. The van der Waals surface area contributed by atoms with Crippen LogP contribution >= 0.6 is 0 Å². The van der Waals surface area contributed by atoms with Crippen LogP contribution < -0.4 is 19.7 Å². The summed E-state index contributed by atoms with van der Waals surface area (Å²) >= 11 is 0. The fraction of sp³-hybridized carbons (Fsp3) is 0.143. The monoisotopic (exact) mass is 864 g/mol. The topological polar surface area (TPSA) is 185 Å². The van der Waals surface area contributed by atoms with Crippen LogP contribution in [0.1, 0.15) is 38.2 Å². The van der Waals surface area contributed by atoms with Gasteiger partial charge in [-0.2, -0.15) is 8.42 Å². The van der Waals surface area contributed by atoms with Crippen molar-refractivity contribution in [1.82, 2.24) is 4.90 Å². The van der Waals surface area contributed by atoms with E-state index in [9.17, 15) is 33.3 Å². The first-order valence-corrected chi connectivity index (χ1v) is 21.3. The van der Waals surface area contributed by atoms with Gasteiger partial charge in [0.1, 0.15) is 44.8 Å². The number of rotatable bonds is 8. The minimum atomic E-state index is -4.08. The predicted molar refractivity (Wildman–Crippen MR) is 237 cm³/mol. The van der Waals surface area contributed by atoms with Crippen LogP contribution in [0.4, 0.5) is 5.69 Å². The Morgan fingerprint density at radius 3 is 2.11 bits per heavy atom. The fourth-order valence-corrected chi connectivity index (χ4v) is 9.02. The van der Waals surface area contributed by atoms with Crippen molar-refractivity contribution in [2.24, 2.45) is 0 Å². The molecule has 0 saturated carbocycles. The Bertz CT molecular complexity index is 3250. The van der Waals surface area contributed by atoms with E-state index in [2.05, 4.69) is 5.32 Å². The molecule has 8 aromatic rings. The summed E-state index contributed by atoms with van der Waals surface area (Å²) in [7, 11) is -0.182. The lowest BCUT2D eigenvalue weighted by Crippen LogP contribution is -2.40. The second-order valence-corrected chi connectivity index (χ2v) is 17.1. The van der Waals surface area contributed by atoms with Crippen molar-refractivity contribution >= 4 is 54.5 Å². The molecule has 0 saturated heterocycles. The van der Waals surface area contributed by atoms with Gasteiger partial charge >= 0.3 is 16.1 Å².